The molecule has 84 valence electrons. The molecule has 15 heavy (non-hydrogen) atoms. The van der Waals surface area contributed by atoms with Crippen molar-refractivity contribution in [3.8, 4) is 0 Å². The lowest BCUT2D eigenvalue weighted by atomic mass is 10.1. The van der Waals surface area contributed by atoms with E-state index in [1.807, 2.05) is 20.8 Å². The fourth-order valence-corrected chi connectivity index (χ4v) is 1.25. The topological polar surface area (TPSA) is 72.9 Å². The summed E-state index contributed by atoms with van der Waals surface area (Å²) in [6.07, 6.45) is 1.71. The molecule has 1 rings (SSSR count). The van der Waals surface area contributed by atoms with Gasteiger partial charge in [0.1, 0.15) is 0 Å². The van der Waals surface area contributed by atoms with Gasteiger partial charge in [0.15, 0.2) is 0 Å². The molecule has 0 unspecified atom stereocenters. The van der Waals surface area contributed by atoms with Crippen LogP contribution in [-0.2, 0) is 7.05 Å². The Hall–Kier alpha value is -1.36. The third kappa shape index (κ3) is 2.79. The van der Waals surface area contributed by atoms with Crippen molar-refractivity contribution in [1.82, 2.24) is 15.1 Å². The largest absolute Gasteiger partial charge is 0.346 e. The maximum Gasteiger partial charge on any atom is 0.255 e. The van der Waals surface area contributed by atoms with E-state index in [-0.39, 0.29) is 11.4 Å². The molecule has 0 aliphatic rings. The average molecular weight is 210 g/mol. The molecule has 0 aliphatic heterocycles. The molecule has 1 amide bonds. The van der Waals surface area contributed by atoms with Gasteiger partial charge < -0.3 is 11.1 Å². The summed E-state index contributed by atoms with van der Waals surface area (Å²) in [6.45, 7) is 5.98. The van der Waals surface area contributed by atoms with E-state index < -0.39 is 0 Å². The minimum absolute atomic E-state index is 0.129. The summed E-state index contributed by atoms with van der Waals surface area (Å²) in [4.78, 5) is 11.8. The minimum Gasteiger partial charge on any atom is -0.346 e. The predicted octanol–water partition coefficient (Wildman–Crippen LogP) is 0.196. The molecule has 0 saturated heterocycles. The third-order valence-electron chi connectivity index (χ3n) is 2.22. The lowest BCUT2D eigenvalue weighted by molar-refractivity contribution is 0.0915. The number of nitrogens with two attached hydrogens (primary N) is 1. The summed E-state index contributed by atoms with van der Waals surface area (Å²) in [7, 11) is 1.79. The van der Waals surface area contributed by atoms with E-state index in [1.54, 1.807) is 17.9 Å². The van der Waals surface area contributed by atoms with Crippen LogP contribution in [0.2, 0.25) is 0 Å². The van der Waals surface area contributed by atoms with E-state index >= 15 is 0 Å². The highest BCUT2D eigenvalue weighted by Crippen LogP contribution is 2.07. The number of carbonyl (C=O) groups is 1. The average Bonchev–Trinajstić information content (AvgIpc) is 2.45. The Morgan fingerprint density at radius 1 is 1.67 bits per heavy atom. The number of hydrogen-bond acceptors (Lipinski definition) is 3. The van der Waals surface area contributed by atoms with Crippen molar-refractivity contribution in [2.24, 2.45) is 12.8 Å². The van der Waals surface area contributed by atoms with Crippen LogP contribution in [0.5, 0.6) is 0 Å². The second-order valence-corrected chi connectivity index (χ2v) is 4.34. The second-order valence-electron chi connectivity index (χ2n) is 4.34. The number of amides is 1. The Kier molecular flexibility index (Phi) is 3.14. The molecular weight excluding hydrogens is 192 g/mol. The van der Waals surface area contributed by atoms with Crippen LogP contribution in [0.25, 0.3) is 0 Å². The van der Waals surface area contributed by atoms with Gasteiger partial charge in [-0.3, -0.25) is 9.48 Å². The first-order valence-electron chi connectivity index (χ1n) is 4.88. The molecule has 5 nitrogen and oxygen atoms in total. The molecule has 1 heterocycles. The van der Waals surface area contributed by atoms with Gasteiger partial charge in [0.2, 0.25) is 0 Å². The van der Waals surface area contributed by atoms with Gasteiger partial charge in [-0.05, 0) is 20.8 Å². The number of aromatic nitrogens is 2. The van der Waals surface area contributed by atoms with Crippen LogP contribution in [-0.4, -0.2) is 27.8 Å². The van der Waals surface area contributed by atoms with Crippen molar-refractivity contribution in [3.63, 3.8) is 0 Å². The summed E-state index contributed by atoms with van der Waals surface area (Å²) in [5.41, 5.74) is 6.47. The Morgan fingerprint density at radius 3 is 2.67 bits per heavy atom. The van der Waals surface area contributed by atoms with Gasteiger partial charge >= 0.3 is 0 Å². The normalized spacial score (nSPS) is 11.5. The molecule has 0 aromatic carbocycles. The lowest BCUT2D eigenvalue weighted by Crippen LogP contribution is -2.48. The number of rotatable bonds is 3. The van der Waals surface area contributed by atoms with Crippen LogP contribution in [0.1, 0.15) is 29.9 Å². The summed E-state index contributed by atoms with van der Waals surface area (Å²) < 4.78 is 1.62. The molecule has 3 N–H and O–H groups in total. The minimum atomic E-state index is -0.390. The number of nitrogens with one attached hydrogen (secondary N) is 1. The van der Waals surface area contributed by atoms with Gasteiger partial charge in [-0.1, -0.05) is 0 Å². The molecule has 0 saturated carbocycles. The molecule has 0 radical (unpaired) electrons. The fraction of sp³-hybridized carbons (Fsp3) is 0.600. The van der Waals surface area contributed by atoms with E-state index in [0.29, 0.717) is 12.1 Å². The summed E-state index contributed by atoms with van der Waals surface area (Å²) >= 11 is 0. The van der Waals surface area contributed by atoms with E-state index in [0.717, 1.165) is 5.69 Å². The Morgan fingerprint density at radius 2 is 2.27 bits per heavy atom. The number of aryl methyl sites for hydroxylation is 2. The van der Waals surface area contributed by atoms with Crippen molar-refractivity contribution in [3.05, 3.63) is 17.5 Å². The Bertz CT molecular complexity index is 367. The van der Waals surface area contributed by atoms with Crippen molar-refractivity contribution in [2.45, 2.75) is 26.3 Å². The first-order valence-corrected chi connectivity index (χ1v) is 4.88. The zero-order valence-electron chi connectivity index (χ0n) is 9.66. The number of hydrogen-bond donors (Lipinski definition) is 2. The van der Waals surface area contributed by atoms with Crippen molar-refractivity contribution < 1.29 is 4.79 Å². The molecule has 0 fully saturated rings. The van der Waals surface area contributed by atoms with E-state index in [4.69, 9.17) is 5.73 Å². The number of nitrogens with zero attached hydrogens (tertiary/aromatic N) is 2. The monoisotopic (exact) mass is 210 g/mol. The van der Waals surface area contributed by atoms with Crippen LogP contribution in [0.3, 0.4) is 0 Å². The summed E-state index contributed by atoms with van der Waals surface area (Å²) in [6, 6.07) is 0. The molecular formula is C10H18N4O. The Balaban J connectivity index is 2.82. The number of carbonyl (C=O) groups excluding carboxylic acids is 1. The third-order valence-corrected chi connectivity index (χ3v) is 2.22. The van der Waals surface area contributed by atoms with Crippen molar-refractivity contribution >= 4 is 5.91 Å². The fourth-order valence-electron chi connectivity index (χ4n) is 1.25. The van der Waals surface area contributed by atoms with Crippen molar-refractivity contribution in [2.75, 3.05) is 6.54 Å². The molecule has 1 aromatic rings. The standard InChI is InChI=1S/C10H18N4O/c1-7-8(5-14(4)13-7)9(15)12-10(2,3)6-11/h5H,6,11H2,1-4H3,(H,12,15). The first-order chi connectivity index (χ1) is 6.85. The Labute approximate surface area is 89.6 Å². The van der Waals surface area contributed by atoms with Crippen LogP contribution in [0, 0.1) is 6.92 Å². The van der Waals surface area contributed by atoms with E-state index in [1.165, 1.54) is 0 Å². The van der Waals surface area contributed by atoms with Crippen LogP contribution in [0.15, 0.2) is 6.20 Å². The predicted molar refractivity (Wildman–Crippen MR) is 58.5 cm³/mol. The van der Waals surface area contributed by atoms with Crippen LogP contribution >= 0.6 is 0 Å². The SMILES string of the molecule is Cc1nn(C)cc1C(=O)NC(C)(C)CN. The highest BCUT2D eigenvalue weighted by molar-refractivity contribution is 5.95. The van der Waals surface area contributed by atoms with Crippen LogP contribution < -0.4 is 11.1 Å². The van der Waals surface area contributed by atoms with Gasteiger partial charge in [0.05, 0.1) is 11.3 Å². The molecule has 1 aromatic heterocycles. The van der Waals surface area contributed by atoms with E-state index in [2.05, 4.69) is 10.4 Å². The zero-order valence-corrected chi connectivity index (χ0v) is 9.66. The molecule has 0 spiro atoms. The maximum absolute atomic E-state index is 11.8. The summed E-state index contributed by atoms with van der Waals surface area (Å²) in [5.74, 6) is -0.129. The molecule has 5 heteroatoms. The van der Waals surface area contributed by atoms with Crippen LogP contribution in [0.4, 0.5) is 0 Å². The molecule has 0 bridgehead atoms. The highest BCUT2D eigenvalue weighted by Gasteiger charge is 2.21. The van der Waals surface area contributed by atoms with Gasteiger partial charge in [-0.25, -0.2) is 0 Å². The smallest absolute Gasteiger partial charge is 0.255 e. The molecule has 0 aliphatic carbocycles. The second kappa shape index (κ2) is 4.02. The van der Waals surface area contributed by atoms with Gasteiger partial charge in [-0.2, -0.15) is 5.10 Å². The summed E-state index contributed by atoms with van der Waals surface area (Å²) in [5, 5.41) is 6.97. The zero-order chi connectivity index (χ0) is 11.6. The van der Waals surface area contributed by atoms with Gasteiger partial charge in [-0.15, -0.1) is 0 Å². The maximum atomic E-state index is 11.8. The van der Waals surface area contributed by atoms with Gasteiger partial charge in [0.25, 0.3) is 5.91 Å². The highest BCUT2D eigenvalue weighted by atomic mass is 16.1. The quantitative estimate of drug-likeness (QED) is 0.748. The first kappa shape index (κ1) is 11.7. The van der Waals surface area contributed by atoms with Gasteiger partial charge in [0, 0.05) is 25.3 Å². The lowest BCUT2D eigenvalue weighted by Gasteiger charge is -2.23. The van der Waals surface area contributed by atoms with Crippen molar-refractivity contribution in [1.29, 1.82) is 0 Å². The van der Waals surface area contributed by atoms with E-state index in [9.17, 15) is 4.79 Å². The molecule has 0 atom stereocenters.